The molecule has 2 aromatic rings. The van der Waals surface area contributed by atoms with Crippen molar-refractivity contribution in [3.8, 4) is 5.69 Å². The fourth-order valence-electron chi connectivity index (χ4n) is 2.31. The van der Waals surface area contributed by atoms with Crippen molar-refractivity contribution in [3.63, 3.8) is 0 Å². The van der Waals surface area contributed by atoms with Crippen LogP contribution in [-0.4, -0.2) is 22.6 Å². The minimum atomic E-state index is -0.522. The first kappa shape index (κ1) is 15.6. The monoisotopic (exact) mass is 351 g/mol. The van der Waals surface area contributed by atoms with Gasteiger partial charge in [-0.2, -0.15) is 0 Å². The van der Waals surface area contributed by atoms with E-state index in [-0.39, 0.29) is 5.69 Å². The van der Waals surface area contributed by atoms with E-state index in [1.165, 1.54) is 7.11 Å². The molecule has 21 heavy (non-hydrogen) atoms. The molecule has 0 fully saturated rings. The molecule has 0 saturated carbocycles. The molecule has 0 bridgehead atoms. The summed E-state index contributed by atoms with van der Waals surface area (Å²) in [6.45, 7) is 6.00. The molecule has 0 aliphatic heterocycles. The third-order valence-electron chi connectivity index (χ3n) is 3.36. The number of aryl methyl sites for hydroxylation is 3. The Balaban J connectivity index is 2.69. The fourth-order valence-corrected chi connectivity index (χ4v) is 2.53. The first-order valence-corrected chi connectivity index (χ1v) is 7.42. The lowest BCUT2D eigenvalue weighted by Crippen LogP contribution is -2.08. The van der Waals surface area contributed by atoms with E-state index in [1.807, 2.05) is 32.9 Å². The number of halogens is 1. The zero-order valence-electron chi connectivity index (χ0n) is 12.5. The lowest BCUT2D eigenvalue weighted by molar-refractivity contribution is 0.0596. The van der Waals surface area contributed by atoms with Crippen LogP contribution in [0, 0.1) is 13.8 Å². The standard InChI is InChI=1S/C15H18BrN3O2/c1-5-11-18-13(15(20)21-4)14(17)19(11)10-6-8(2)12(16)9(3)7-10/h6-7H,5,17H2,1-4H3. The third kappa shape index (κ3) is 2.68. The summed E-state index contributed by atoms with van der Waals surface area (Å²) in [7, 11) is 1.32. The summed E-state index contributed by atoms with van der Waals surface area (Å²) in [6, 6.07) is 4.02. The smallest absolute Gasteiger partial charge is 0.360 e. The molecule has 2 N–H and O–H groups in total. The molecule has 0 aliphatic carbocycles. The van der Waals surface area contributed by atoms with Gasteiger partial charge in [0, 0.05) is 16.6 Å². The Morgan fingerprint density at radius 1 is 1.38 bits per heavy atom. The molecule has 0 spiro atoms. The molecular weight excluding hydrogens is 334 g/mol. The van der Waals surface area contributed by atoms with E-state index < -0.39 is 5.97 Å². The van der Waals surface area contributed by atoms with Crippen molar-refractivity contribution >= 4 is 27.7 Å². The molecule has 5 nitrogen and oxygen atoms in total. The maximum Gasteiger partial charge on any atom is 0.360 e. The highest BCUT2D eigenvalue weighted by atomic mass is 79.9. The molecule has 6 heteroatoms. The number of hydrogen-bond acceptors (Lipinski definition) is 4. The predicted molar refractivity (Wildman–Crippen MR) is 85.9 cm³/mol. The van der Waals surface area contributed by atoms with Crippen molar-refractivity contribution in [1.29, 1.82) is 0 Å². The van der Waals surface area contributed by atoms with Gasteiger partial charge in [-0.25, -0.2) is 9.78 Å². The Morgan fingerprint density at radius 3 is 2.43 bits per heavy atom. The highest BCUT2D eigenvalue weighted by molar-refractivity contribution is 9.10. The van der Waals surface area contributed by atoms with Gasteiger partial charge in [0.1, 0.15) is 11.6 Å². The number of imidazole rings is 1. The van der Waals surface area contributed by atoms with Crippen molar-refractivity contribution in [3.05, 3.63) is 39.3 Å². The number of nitrogens with zero attached hydrogens (tertiary/aromatic N) is 2. The summed E-state index contributed by atoms with van der Waals surface area (Å²) < 4.78 is 7.60. The number of nitrogens with two attached hydrogens (primary N) is 1. The number of methoxy groups -OCH3 is 1. The van der Waals surface area contributed by atoms with Gasteiger partial charge >= 0.3 is 5.97 Å². The van der Waals surface area contributed by atoms with Gasteiger partial charge in [-0.05, 0) is 37.1 Å². The van der Waals surface area contributed by atoms with Crippen LogP contribution in [0.2, 0.25) is 0 Å². The van der Waals surface area contributed by atoms with Gasteiger partial charge in [0.2, 0.25) is 0 Å². The number of ether oxygens (including phenoxy) is 1. The van der Waals surface area contributed by atoms with Crippen LogP contribution in [0.4, 0.5) is 5.82 Å². The zero-order chi connectivity index (χ0) is 15.7. The van der Waals surface area contributed by atoms with Crippen LogP contribution in [0.15, 0.2) is 16.6 Å². The highest BCUT2D eigenvalue weighted by Gasteiger charge is 2.21. The Labute approximate surface area is 132 Å². The summed E-state index contributed by atoms with van der Waals surface area (Å²) >= 11 is 3.55. The number of carbonyl (C=O) groups excluding carboxylic acids is 1. The van der Waals surface area contributed by atoms with Crippen molar-refractivity contribution in [2.24, 2.45) is 0 Å². The van der Waals surface area contributed by atoms with Gasteiger partial charge in [0.05, 0.1) is 7.11 Å². The molecule has 0 saturated heterocycles. The molecule has 0 amide bonds. The quantitative estimate of drug-likeness (QED) is 0.862. The lowest BCUT2D eigenvalue weighted by Gasteiger charge is -2.12. The van der Waals surface area contributed by atoms with Crippen LogP contribution in [0.1, 0.15) is 34.4 Å². The molecule has 1 heterocycles. The highest BCUT2D eigenvalue weighted by Crippen LogP contribution is 2.28. The Kier molecular flexibility index (Phi) is 4.37. The lowest BCUT2D eigenvalue weighted by atomic mass is 10.1. The van der Waals surface area contributed by atoms with E-state index in [0.717, 1.165) is 27.1 Å². The molecule has 1 aromatic heterocycles. The second kappa shape index (κ2) is 5.89. The Bertz CT molecular complexity index is 684. The Morgan fingerprint density at radius 2 is 1.95 bits per heavy atom. The maximum absolute atomic E-state index is 11.7. The molecule has 0 atom stereocenters. The van der Waals surface area contributed by atoms with Crippen molar-refractivity contribution in [1.82, 2.24) is 9.55 Å². The van der Waals surface area contributed by atoms with Crippen LogP contribution in [0.5, 0.6) is 0 Å². The minimum Gasteiger partial charge on any atom is -0.464 e. The maximum atomic E-state index is 11.7. The van der Waals surface area contributed by atoms with E-state index >= 15 is 0 Å². The zero-order valence-corrected chi connectivity index (χ0v) is 14.1. The van der Waals surface area contributed by atoms with Crippen molar-refractivity contribution in [2.75, 3.05) is 12.8 Å². The van der Waals surface area contributed by atoms with Gasteiger partial charge in [-0.1, -0.05) is 22.9 Å². The van der Waals surface area contributed by atoms with Gasteiger partial charge in [-0.15, -0.1) is 0 Å². The van der Waals surface area contributed by atoms with Crippen LogP contribution < -0.4 is 5.73 Å². The number of esters is 1. The van der Waals surface area contributed by atoms with E-state index in [9.17, 15) is 4.79 Å². The number of nitrogen functional groups attached to an aromatic ring is 1. The Hall–Kier alpha value is -1.82. The third-order valence-corrected chi connectivity index (χ3v) is 4.61. The fraction of sp³-hybridized carbons (Fsp3) is 0.333. The first-order chi connectivity index (χ1) is 9.90. The molecule has 2 rings (SSSR count). The minimum absolute atomic E-state index is 0.160. The summed E-state index contributed by atoms with van der Waals surface area (Å²) in [4.78, 5) is 16.1. The number of anilines is 1. The normalized spacial score (nSPS) is 10.7. The predicted octanol–water partition coefficient (Wildman–Crippen LogP) is 3.18. The topological polar surface area (TPSA) is 70.1 Å². The van der Waals surface area contributed by atoms with Crippen LogP contribution in [0.3, 0.4) is 0 Å². The summed E-state index contributed by atoms with van der Waals surface area (Å²) in [5.41, 5.74) is 9.36. The van der Waals surface area contributed by atoms with Crippen molar-refractivity contribution in [2.45, 2.75) is 27.2 Å². The van der Waals surface area contributed by atoms with E-state index in [4.69, 9.17) is 10.5 Å². The van der Waals surface area contributed by atoms with Gasteiger partial charge in [0.15, 0.2) is 5.69 Å². The number of aromatic nitrogens is 2. The van der Waals surface area contributed by atoms with Crippen LogP contribution in [0.25, 0.3) is 5.69 Å². The molecule has 1 aromatic carbocycles. The second-order valence-electron chi connectivity index (χ2n) is 4.84. The summed E-state index contributed by atoms with van der Waals surface area (Å²) in [6.07, 6.45) is 0.662. The van der Waals surface area contributed by atoms with Crippen LogP contribution in [-0.2, 0) is 11.2 Å². The van der Waals surface area contributed by atoms with E-state index in [2.05, 4.69) is 20.9 Å². The second-order valence-corrected chi connectivity index (χ2v) is 5.63. The van der Waals surface area contributed by atoms with Gasteiger partial charge < -0.3 is 10.5 Å². The average molecular weight is 352 g/mol. The number of hydrogen-bond donors (Lipinski definition) is 1. The average Bonchev–Trinajstić information content (AvgIpc) is 2.80. The summed E-state index contributed by atoms with van der Waals surface area (Å²) in [5.74, 6) is 0.514. The molecular formula is C15H18BrN3O2. The number of carbonyl (C=O) groups is 1. The van der Waals surface area contributed by atoms with Gasteiger partial charge in [0.25, 0.3) is 0 Å². The molecule has 0 aliphatic rings. The molecule has 0 radical (unpaired) electrons. The molecule has 112 valence electrons. The largest absolute Gasteiger partial charge is 0.464 e. The van der Waals surface area contributed by atoms with Crippen molar-refractivity contribution < 1.29 is 9.53 Å². The van der Waals surface area contributed by atoms with E-state index in [0.29, 0.717) is 12.2 Å². The van der Waals surface area contributed by atoms with Crippen LogP contribution >= 0.6 is 15.9 Å². The van der Waals surface area contributed by atoms with Gasteiger partial charge in [-0.3, -0.25) is 4.57 Å². The van der Waals surface area contributed by atoms with E-state index in [1.54, 1.807) is 4.57 Å². The SMILES string of the molecule is CCc1nc(C(=O)OC)c(N)n1-c1cc(C)c(Br)c(C)c1. The number of benzene rings is 1. The summed E-state index contributed by atoms with van der Waals surface area (Å²) in [5, 5.41) is 0. The number of rotatable bonds is 3. The molecule has 0 unspecified atom stereocenters. The first-order valence-electron chi connectivity index (χ1n) is 6.63.